The zero-order valence-electron chi connectivity index (χ0n) is 11.7. The minimum atomic E-state index is -0.567. The fourth-order valence-electron chi connectivity index (χ4n) is 2.44. The summed E-state index contributed by atoms with van der Waals surface area (Å²) in [6, 6.07) is 4.29. The van der Waals surface area contributed by atoms with Crippen molar-refractivity contribution in [1.82, 2.24) is 4.90 Å². The largest absolute Gasteiger partial charge is 0.377 e. The van der Waals surface area contributed by atoms with Crippen molar-refractivity contribution < 1.29 is 14.5 Å². The SMILES string of the molecule is CCC1COCCN1C(=O)c1cccc([N+](=O)[O-])c1NN. The Kier molecular flexibility index (Phi) is 4.71. The van der Waals surface area contributed by atoms with Crippen LogP contribution in [0, 0.1) is 10.1 Å². The van der Waals surface area contributed by atoms with E-state index in [1.54, 1.807) is 4.90 Å². The second kappa shape index (κ2) is 6.51. The first-order valence-corrected chi connectivity index (χ1v) is 6.72. The van der Waals surface area contributed by atoms with Gasteiger partial charge in [-0.1, -0.05) is 13.0 Å². The Bertz CT molecular complexity index is 549. The third-order valence-corrected chi connectivity index (χ3v) is 3.57. The zero-order valence-corrected chi connectivity index (χ0v) is 11.7. The summed E-state index contributed by atoms with van der Waals surface area (Å²) in [5.74, 6) is 5.10. The summed E-state index contributed by atoms with van der Waals surface area (Å²) < 4.78 is 5.37. The van der Waals surface area contributed by atoms with Gasteiger partial charge in [0.25, 0.3) is 11.6 Å². The zero-order chi connectivity index (χ0) is 15.4. The molecule has 114 valence electrons. The van der Waals surface area contributed by atoms with Crippen molar-refractivity contribution in [2.24, 2.45) is 5.84 Å². The van der Waals surface area contributed by atoms with Crippen molar-refractivity contribution in [3.63, 3.8) is 0 Å². The Balaban J connectivity index is 2.38. The number of carbonyl (C=O) groups is 1. The van der Waals surface area contributed by atoms with Crippen molar-refractivity contribution in [2.45, 2.75) is 19.4 Å². The number of para-hydroxylation sites is 1. The van der Waals surface area contributed by atoms with Crippen LogP contribution in [0.25, 0.3) is 0 Å². The molecule has 8 nitrogen and oxygen atoms in total. The molecule has 8 heteroatoms. The third kappa shape index (κ3) is 2.96. The predicted molar refractivity (Wildman–Crippen MR) is 76.8 cm³/mol. The van der Waals surface area contributed by atoms with E-state index >= 15 is 0 Å². The summed E-state index contributed by atoms with van der Waals surface area (Å²) in [7, 11) is 0. The molecule has 21 heavy (non-hydrogen) atoms. The number of benzene rings is 1. The Hall–Kier alpha value is -2.19. The molecular weight excluding hydrogens is 276 g/mol. The molecule has 1 heterocycles. The van der Waals surface area contributed by atoms with Gasteiger partial charge in [0.2, 0.25) is 0 Å². The van der Waals surface area contributed by atoms with E-state index < -0.39 is 4.92 Å². The van der Waals surface area contributed by atoms with E-state index in [1.807, 2.05) is 6.92 Å². The Labute approximate surface area is 122 Å². The number of hydrogen-bond donors (Lipinski definition) is 2. The van der Waals surface area contributed by atoms with E-state index in [0.29, 0.717) is 19.8 Å². The van der Waals surface area contributed by atoms with Crippen LogP contribution in [0.3, 0.4) is 0 Å². The van der Waals surface area contributed by atoms with E-state index in [9.17, 15) is 14.9 Å². The molecule has 1 unspecified atom stereocenters. The van der Waals surface area contributed by atoms with Gasteiger partial charge in [0.15, 0.2) is 0 Å². The smallest absolute Gasteiger partial charge is 0.294 e. The van der Waals surface area contributed by atoms with Crippen LogP contribution >= 0.6 is 0 Å². The van der Waals surface area contributed by atoms with Crippen molar-refractivity contribution in [3.8, 4) is 0 Å². The lowest BCUT2D eigenvalue weighted by molar-refractivity contribution is -0.384. The summed E-state index contributed by atoms with van der Waals surface area (Å²) in [4.78, 5) is 24.8. The molecule has 1 amide bonds. The molecule has 1 aromatic carbocycles. The number of ether oxygens (including phenoxy) is 1. The van der Waals surface area contributed by atoms with E-state index in [1.165, 1.54) is 18.2 Å². The fourth-order valence-corrected chi connectivity index (χ4v) is 2.44. The quantitative estimate of drug-likeness (QED) is 0.489. The molecule has 0 radical (unpaired) electrons. The van der Waals surface area contributed by atoms with Gasteiger partial charge in [-0.05, 0) is 12.5 Å². The molecular formula is C13H18N4O4. The summed E-state index contributed by atoms with van der Waals surface area (Å²) in [5.41, 5.74) is 2.30. The minimum Gasteiger partial charge on any atom is -0.377 e. The molecule has 0 saturated carbocycles. The Morgan fingerprint density at radius 1 is 1.62 bits per heavy atom. The number of nitrogens with one attached hydrogen (secondary N) is 1. The number of nitrogens with two attached hydrogens (primary N) is 1. The van der Waals surface area contributed by atoms with Crippen LogP contribution in [0.1, 0.15) is 23.7 Å². The summed E-state index contributed by atoms with van der Waals surface area (Å²) >= 11 is 0. The monoisotopic (exact) mass is 294 g/mol. The number of rotatable bonds is 4. The maximum Gasteiger partial charge on any atom is 0.294 e. The van der Waals surface area contributed by atoms with Gasteiger partial charge in [-0.3, -0.25) is 20.8 Å². The van der Waals surface area contributed by atoms with Gasteiger partial charge < -0.3 is 15.1 Å². The molecule has 0 bridgehead atoms. The first-order chi connectivity index (χ1) is 10.1. The van der Waals surface area contributed by atoms with Crippen LogP contribution in [0.15, 0.2) is 18.2 Å². The number of nitro groups is 1. The topological polar surface area (TPSA) is 111 Å². The molecule has 1 aromatic rings. The molecule has 1 saturated heterocycles. The molecule has 1 aliphatic rings. The number of carbonyl (C=O) groups excluding carboxylic acids is 1. The van der Waals surface area contributed by atoms with Gasteiger partial charge in [-0.15, -0.1) is 0 Å². The van der Waals surface area contributed by atoms with Gasteiger partial charge in [-0.25, -0.2) is 0 Å². The summed E-state index contributed by atoms with van der Waals surface area (Å²) in [5, 5.41) is 11.0. The number of nitro benzene ring substituents is 1. The van der Waals surface area contributed by atoms with Crippen LogP contribution in [0.5, 0.6) is 0 Å². The van der Waals surface area contributed by atoms with Crippen molar-refractivity contribution in [2.75, 3.05) is 25.2 Å². The molecule has 0 aliphatic carbocycles. The van der Waals surface area contributed by atoms with Crippen LogP contribution in [-0.4, -0.2) is 41.5 Å². The van der Waals surface area contributed by atoms with Crippen LogP contribution in [0.4, 0.5) is 11.4 Å². The first-order valence-electron chi connectivity index (χ1n) is 6.72. The number of nitrogen functional groups attached to an aromatic ring is 1. The lowest BCUT2D eigenvalue weighted by Crippen LogP contribution is -2.48. The van der Waals surface area contributed by atoms with E-state index in [2.05, 4.69) is 5.43 Å². The lowest BCUT2D eigenvalue weighted by Gasteiger charge is -2.35. The second-order valence-electron chi connectivity index (χ2n) is 4.74. The van der Waals surface area contributed by atoms with Crippen molar-refractivity contribution >= 4 is 17.3 Å². The molecule has 1 fully saturated rings. The molecule has 3 N–H and O–H groups in total. The first kappa shape index (κ1) is 15.2. The number of anilines is 1. The highest BCUT2D eigenvalue weighted by Crippen LogP contribution is 2.29. The number of morpholine rings is 1. The van der Waals surface area contributed by atoms with Gasteiger partial charge in [-0.2, -0.15) is 0 Å². The van der Waals surface area contributed by atoms with Crippen LogP contribution < -0.4 is 11.3 Å². The van der Waals surface area contributed by atoms with Crippen LogP contribution in [0.2, 0.25) is 0 Å². The normalized spacial score (nSPS) is 18.4. The molecule has 0 spiro atoms. The highest BCUT2D eigenvalue weighted by atomic mass is 16.6. The Morgan fingerprint density at radius 3 is 3.00 bits per heavy atom. The summed E-state index contributed by atoms with van der Waals surface area (Å²) in [6.45, 7) is 3.37. The third-order valence-electron chi connectivity index (χ3n) is 3.57. The highest BCUT2D eigenvalue weighted by molar-refractivity contribution is 6.01. The maximum atomic E-state index is 12.7. The fraction of sp³-hybridized carbons (Fsp3) is 0.462. The summed E-state index contributed by atoms with van der Waals surface area (Å²) in [6.07, 6.45) is 0.756. The van der Waals surface area contributed by atoms with Crippen LogP contribution in [-0.2, 0) is 4.74 Å². The molecule has 1 aliphatic heterocycles. The van der Waals surface area contributed by atoms with Gasteiger partial charge >= 0.3 is 0 Å². The number of nitrogens with zero attached hydrogens (tertiary/aromatic N) is 2. The lowest BCUT2D eigenvalue weighted by atomic mass is 10.1. The van der Waals surface area contributed by atoms with Gasteiger partial charge in [0, 0.05) is 12.6 Å². The number of hydrazine groups is 1. The van der Waals surface area contributed by atoms with Crippen molar-refractivity contribution in [3.05, 3.63) is 33.9 Å². The number of amides is 1. The molecule has 2 rings (SSSR count). The van der Waals surface area contributed by atoms with Gasteiger partial charge in [0.05, 0.1) is 29.7 Å². The standard InChI is InChI=1S/C13H18N4O4/c1-2-9-8-21-7-6-16(9)13(18)10-4-3-5-11(17(19)20)12(10)15-14/h3-5,9,15H,2,6-8,14H2,1H3. The van der Waals surface area contributed by atoms with E-state index in [-0.39, 0.29) is 28.9 Å². The van der Waals surface area contributed by atoms with E-state index in [0.717, 1.165) is 6.42 Å². The molecule has 1 atom stereocenters. The van der Waals surface area contributed by atoms with Crippen molar-refractivity contribution in [1.29, 1.82) is 0 Å². The second-order valence-corrected chi connectivity index (χ2v) is 4.74. The average Bonchev–Trinajstić information content (AvgIpc) is 2.53. The minimum absolute atomic E-state index is 0.0314. The van der Waals surface area contributed by atoms with E-state index in [4.69, 9.17) is 10.6 Å². The highest BCUT2D eigenvalue weighted by Gasteiger charge is 2.30. The molecule has 0 aromatic heterocycles. The number of hydrogen-bond acceptors (Lipinski definition) is 6. The average molecular weight is 294 g/mol. The van der Waals surface area contributed by atoms with Gasteiger partial charge in [0.1, 0.15) is 5.69 Å². The Morgan fingerprint density at radius 2 is 2.38 bits per heavy atom. The predicted octanol–water partition coefficient (Wildman–Crippen LogP) is 1.13. The maximum absolute atomic E-state index is 12.7.